The van der Waals surface area contributed by atoms with Crippen LogP contribution in [0.1, 0.15) is 89.1 Å². The third-order valence-corrected chi connectivity index (χ3v) is 7.64. The average molecular weight is 640 g/mol. The summed E-state index contributed by atoms with van der Waals surface area (Å²) in [6, 6.07) is 11.8. The zero-order valence-electron chi connectivity index (χ0n) is 27.8. The number of nitrogens with zero attached hydrogens (tertiary/aromatic N) is 1. The van der Waals surface area contributed by atoms with Gasteiger partial charge >= 0.3 is 12.1 Å². The SMILES string of the molecule is Cc1cc(C)cc(C(C(=O)NC(Cc2ccccc2)C(=O)OC(C)(C)C)N(C(=O)C(CS)NC(=O)OC(C)(C)C)C2CCC2)c1. The molecule has 0 spiro atoms. The summed E-state index contributed by atoms with van der Waals surface area (Å²) >= 11 is 4.39. The number of hydrogen-bond acceptors (Lipinski definition) is 7. The number of aryl methyl sites for hydroxylation is 2. The van der Waals surface area contributed by atoms with E-state index in [1.807, 2.05) is 62.4 Å². The molecule has 0 aliphatic heterocycles. The normalized spacial score (nSPS) is 15.6. The highest BCUT2D eigenvalue weighted by molar-refractivity contribution is 7.80. The molecule has 2 aromatic carbocycles. The first-order valence-corrected chi connectivity index (χ1v) is 16.2. The van der Waals surface area contributed by atoms with Crippen molar-refractivity contribution in [2.45, 2.75) is 116 Å². The lowest BCUT2D eigenvalue weighted by atomic mass is 9.87. The molecule has 1 aliphatic carbocycles. The van der Waals surface area contributed by atoms with Crippen LogP contribution in [-0.4, -0.2) is 63.9 Å². The molecule has 1 aliphatic rings. The van der Waals surface area contributed by atoms with Crippen molar-refractivity contribution in [1.82, 2.24) is 15.5 Å². The van der Waals surface area contributed by atoms with Crippen LogP contribution in [0.15, 0.2) is 48.5 Å². The molecular formula is C35H49N3O6S. The first-order valence-electron chi connectivity index (χ1n) is 15.6. The summed E-state index contributed by atoms with van der Waals surface area (Å²) < 4.78 is 11.1. The largest absolute Gasteiger partial charge is 0.458 e. The van der Waals surface area contributed by atoms with Crippen LogP contribution >= 0.6 is 12.6 Å². The van der Waals surface area contributed by atoms with Crippen molar-refractivity contribution in [2.75, 3.05) is 5.75 Å². The summed E-state index contributed by atoms with van der Waals surface area (Å²) in [7, 11) is 0. The number of carbonyl (C=O) groups is 4. The molecule has 3 unspecified atom stereocenters. The van der Waals surface area contributed by atoms with Crippen molar-refractivity contribution in [3.8, 4) is 0 Å². The number of carbonyl (C=O) groups excluding carboxylic acids is 4. The van der Waals surface area contributed by atoms with Gasteiger partial charge in [0, 0.05) is 18.2 Å². The van der Waals surface area contributed by atoms with Gasteiger partial charge < -0.3 is 25.0 Å². The first kappa shape index (κ1) is 35.9. The van der Waals surface area contributed by atoms with E-state index in [-0.39, 0.29) is 18.2 Å². The van der Waals surface area contributed by atoms with Crippen molar-refractivity contribution < 1.29 is 28.7 Å². The Morgan fingerprint density at radius 1 is 0.867 bits per heavy atom. The van der Waals surface area contributed by atoms with E-state index in [4.69, 9.17) is 9.47 Å². The summed E-state index contributed by atoms with van der Waals surface area (Å²) in [5.41, 5.74) is 1.77. The van der Waals surface area contributed by atoms with Gasteiger partial charge in [0.1, 0.15) is 29.3 Å². The molecule has 1 saturated carbocycles. The van der Waals surface area contributed by atoms with Gasteiger partial charge in [-0.15, -0.1) is 0 Å². The molecule has 9 nitrogen and oxygen atoms in total. The Hall–Kier alpha value is -3.53. The fraction of sp³-hybridized carbons (Fsp3) is 0.543. The van der Waals surface area contributed by atoms with Crippen LogP contribution in [0, 0.1) is 13.8 Å². The van der Waals surface area contributed by atoms with Crippen LogP contribution in [0.4, 0.5) is 4.79 Å². The van der Waals surface area contributed by atoms with Crippen LogP contribution in [0.3, 0.4) is 0 Å². The van der Waals surface area contributed by atoms with Gasteiger partial charge in [0.05, 0.1) is 0 Å². The van der Waals surface area contributed by atoms with Gasteiger partial charge in [0.15, 0.2) is 0 Å². The van der Waals surface area contributed by atoms with E-state index >= 15 is 0 Å². The number of benzene rings is 2. The summed E-state index contributed by atoms with van der Waals surface area (Å²) in [4.78, 5) is 56.6. The molecule has 45 heavy (non-hydrogen) atoms. The number of rotatable bonds is 11. The van der Waals surface area contributed by atoms with Crippen LogP contribution in [0.25, 0.3) is 0 Å². The molecule has 0 aromatic heterocycles. The van der Waals surface area contributed by atoms with Gasteiger partial charge in [-0.25, -0.2) is 9.59 Å². The molecule has 3 rings (SSSR count). The molecule has 0 heterocycles. The smallest absolute Gasteiger partial charge is 0.408 e. The molecular weight excluding hydrogens is 590 g/mol. The van der Waals surface area contributed by atoms with Crippen molar-refractivity contribution in [3.63, 3.8) is 0 Å². The second-order valence-electron chi connectivity index (χ2n) is 13.8. The highest BCUT2D eigenvalue weighted by Crippen LogP contribution is 2.34. The van der Waals surface area contributed by atoms with Gasteiger partial charge in [-0.2, -0.15) is 12.6 Å². The molecule has 3 amide bonds. The zero-order valence-corrected chi connectivity index (χ0v) is 28.7. The monoisotopic (exact) mass is 639 g/mol. The van der Waals surface area contributed by atoms with Gasteiger partial charge in [0.25, 0.3) is 0 Å². The lowest BCUT2D eigenvalue weighted by Crippen LogP contribution is -2.59. The van der Waals surface area contributed by atoms with E-state index in [1.54, 1.807) is 46.4 Å². The van der Waals surface area contributed by atoms with E-state index in [2.05, 4.69) is 23.3 Å². The molecule has 3 atom stereocenters. The fourth-order valence-corrected chi connectivity index (χ4v) is 5.52. The summed E-state index contributed by atoms with van der Waals surface area (Å²) in [6.45, 7) is 14.4. The van der Waals surface area contributed by atoms with Crippen molar-refractivity contribution in [3.05, 3.63) is 70.8 Å². The maximum atomic E-state index is 14.5. The van der Waals surface area contributed by atoms with E-state index in [9.17, 15) is 19.2 Å². The number of nitrogens with one attached hydrogen (secondary N) is 2. The topological polar surface area (TPSA) is 114 Å². The molecule has 0 bridgehead atoms. The van der Waals surface area contributed by atoms with Crippen LogP contribution < -0.4 is 10.6 Å². The highest BCUT2D eigenvalue weighted by Gasteiger charge is 2.43. The van der Waals surface area contributed by atoms with Crippen LogP contribution in [0.2, 0.25) is 0 Å². The summed E-state index contributed by atoms with van der Waals surface area (Å²) in [6.07, 6.45) is 1.76. The summed E-state index contributed by atoms with van der Waals surface area (Å²) in [5.74, 6) is -1.53. The average Bonchev–Trinajstić information content (AvgIpc) is 2.87. The molecule has 2 N–H and O–H groups in total. The maximum Gasteiger partial charge on any atom is 0.408 e. The Labute approximate surface area is 273 Å². The number of amides is 3. The zero-order chi connectivity index (χ0) is 33.5. The third-order valence-electron chi connectivity index (χ3n) is 7.27. The molecule has 0 saturated heterocycles. The quantitative estimate of drug-likeness (QED) is 0.217. The maximum absolute atomic E-state index is 14.5. The Morgan fingerprint density at radius 2 is 1.44 bits per heavy atom. The Morgan fingerprint density at radius 3 is 1.93 bits per heavy atom. The second kappa shape index (κ2) is 15.2. The molecule has 0 radical (unpaired) electrons. The minimum atomic E-state index is -1.08. The van der Waals surface area contributed by atoms with Crippen molar-refractivity contribution >= 4 is 36.5 Å². The van der Waals surface area contributed by atoms with E-state index < -0.39 is 53.2 Å². The lowest BCUT2D eigenvalue weighted by Gasteiger charge is -2.44. The molecule has 246 valence electrons. The van der Waals surface area contributed by atoms with Crippen molar-refractivity contribution in [2.24, 2.45) is 0 Å². The van der Waals surface area contributed by atoms with Gasteiger partial charge in [-0.3, -0.25) is 9.59 Å². The van der Waals surface area contributed by atoms with E-state index in [0.717, 1.165) is 23.1 Å². The number of esters is 1. The number of thiol groups is 1. The minimum absolute atomic E-state index is 0.00296. The number of alkyl carbamates (subject to hydrolysis) is 1. The summed E-state index contributed by atoms with van der Waals surface area (Å²) in [5, 5.41) is 5.61. The van der Waals surface area contributed by atoms with Gasteiger partial charge in [-0.1, -0.05) is 59.7 Å². The molecule has 10 heteroatoms. The predicted octanol–water partition coefficient (Wildman–Crippen LogP) is 5.62. The molecule has 2 aromatic rings. The Balaban J connectivity index is 2.06. The number of hydrogen-bond donors (Lipinski definition) is 3. The van der Waals surface area contributed by atoms with E-state index in [0.29, 0.717) is 18.4 Å². The van der Waals surface area contributed by atoms with Gasteiger partial charge in [-0.05, 0) is 85.8 Å². The van der Waals surface area contributed by atoms with E-state index in [1.165, 1.54) is 0 Å². The van der Waals surface area contributed by atoms with Gasteiger partial charge in [0.2, 0.25) is 11.8 Å². The third kappa shape index (κ3) is 10.8. The van der Waals surface area contributed by atoms with Crippen molar-refractivity contribution in [1.29, 1.82) is 0 Å². The minimum Gasteiger partial charge on any atom is -0.458 e. The lowest BCUT2D eigenvalue weighted by molar-refractivity contribution is -0.159. The fourth-order valence-electron chi connectivity index (χ4n) is 5.27. The van der Waals surface area contributed by atoms with Crippen LogP contribution in [0.5, 0.6) is 0 Å². The first-order chi connectivity index (χ1) is 21.0. The van der Waals surface area contributed by atoms with Crippen LogP contribution in [-0.2, 0) is 30.3 Å². The highest BCUT2D eigenvalue weighted by atomic mass is 32.1. The Kier molecular flexibility index (Phi) is 12.1. The molecule has 1 fully saturated rings. The second-order valence-corrected chi connectivity index (χ2v) is 14.2. The standard InChI is InChI=1S/C35H49N3O6S/c1-22-17-23(2)19-25(18-22)29(30(39)36-27(32(41)43-34(3,4)5)20-24-13-10-9-11-14-24)38(26-15-12-16-26)31(40)28(21-45)37-33(42)44-35(6,7)8/h9-11,13-14,17-19,26-29,45H,12,15-16,20-21H2,1-8H3,(H,36,39)(H,37,42). The Bertz CT molecular complexity index is 1330. The predicted molar refractivity (Wildman–Crippen MR) is 178 cm³/mol. The number of ether oxygens (including phenoxy) is 2.